The third-order valence-electron chi connectivity index (χ3n) is 3.21. The molecule has 0 unspecified atom stereocenters. The third kappa shape index (κ3) is 2.50. The zero-order chi connectivity index (χ0) is 15.7. The van der Waals surface area contributed by atoms with E-state index in [2.05, 4.69) is 26.1 Å². The summed E-state index contributed by atoms with van der Waals surface area (Å²) in [4.78, 5) is 11.0. The van der Waals surface area contributed by atoms with Crippen LogP contribution >= 0.6 is 15.9 Å². The van der Waals surface area contributed by atoms with Gasteiger partial charge in [-0.15, -0.1) is 0 Å². The molecule has 1 aliphatic heterocycles. The maximum atomic E-state index is 11.0. The van der Waals surface area contributed by atoms with Gasteiger partial charge in [-0.05, 0) is 22.0 Å². The number of fused-ring (bicyclic) bond motifs is 1. The van der Waals surface area contributed by atoms with Gasteiger partial charge < -0.3 is 19.3 Å². The SMILES string of the molecule is COc1c(Br)cc2c(c1-c1cc(C(=O)O)[nH]n1)OCCCO2. The number of aromatic carboxylic acids is 1. The number of hydrogen-bond acceptors (Lipinski definition) is 5. The number of ether oxygens (including phenoxy) is 3. The van der Waals surface area contributed by atoms with Crippen molar-refractivity contribution >= 4 is 21.9 Å². The third-order valence-corrected chi connectivity index (χ3v) is 3.80. The summed E-state index contributed by atoms with van der Waals surface area (Å²) in [7, 11) is 1.53. The van der Waals surface area contributed by atoms with Crippen LogP contribution in [-0.2, 0) is 0 Å². The number of halogens is 1. The highest BCUT2D eigenvalue weighted by Gasteiger charge is 2.25. The van der Waals surface area contributed by atoms with Crippen LogP contribution in [0, 0.1) is 0 Å². The van der Waals surface area contributed by atoms with Gasteiger partial charge in [-0.1, -0.05) is 0 Å². The van der Waals surface area contributed by atoms with Gasteiger partial charge in [0.2, 0.25) is 0 Å². The lowest BCUT2D eigenvalue weighted by Crippen LogP contribution is -1.99. The molecule has 22 heavy (non-hydrogen) atoms. The first-order chi connectivity index (χ1) is 10.6. The van der Waals surface area contributed by atoms with Gasteiger partial charge in [-0.2, -0.15) is 5.10 Å². The van der Waals surface area contributed by atoms with Gasteiger partial charge in [0.1, 0.15) is 17.1 Å². The van der Waals surface area contributed by atoms with E-state index in [1.165, 1.54) is 13.2 Å². The summed E-state index contributed by atoms with van der Waals surface area (Å²) >= 11 is 3.43. The number of aromatic amines is 1. The molecular weight excluding hydrogens is 356 g/mol. The van der Waals surface area contributed by atoms with Crippen LogP contribution in [0.25, 0.3) is 11.3 Å². The molecule has 3 rings (SSSR count). The molecule has 2 N–H and O–H groups in total. The van der Waals surface area contributed by atoms with E-state index in [4.69, 9.17) is 19.3 Å². The quantitative estimate of drug-likeness (QED) is 0.864. The molecule has 2 aromatic rings. The topological polar surface area (TPSA) is 93.7 Å². The number of nitrogens with zero attached hydrogens (tertiary/aromatic N) is 1. The van der Waals surface area contributed by atoms with Crippen LogP contribution in [0.5, 0.6) is 17.2 Å². The van der Waals surface area contributed by atoms with Crippen LogP contribution in [0.2, 0.25) is 0 Å². The Morgan fingerprint density at radius 1 is 1.41 bits per heavy atom. The molecular formula is C14H13BrN2O5. The molecule has 116 valence electrons. The van der Waals surface area contributed by atoms with E-state index in [1.807, 2.05) is 0 Å². The van der Waals surface area contributed by atoms with E-state index >= 15 is 0 Å². The van der Waals surface area contributed by atoms with Crippen molar-refractivity contribution in [2.24, 2.45) is 0 Å². The highest BCUT2D eigenvalue weighted by molar-refractivity contribution is 9.10. The summed E-state index contributed by atoms with van der Waals surface area (Å²) in [6.45, 7) is 1.05. The van der Waals surface area contributed by atoms with Crippen LogP contribution in [0.4, 0.5) is 0 Å². The fourth-order valence-corrected chi connectivity index (χ4v) is 2.82. The minimum atomic E-state index is -1.09. The van der Waals surface area contributed by atoms with Gasteiger partial charge in [0, 0.05) is 12.5 Å². The first-order valence-corrected chi connectivity index (χ1v) is 7.36. The second kappa shape index (κ2) is 5.88. The van der Waals surface area contributed by atoms with Crippen LogP contribution in [-0.4, -0.2) is 41.6 Å². The summed E-state index contributed by atoms with van der Waals surface area (Å²) in [5.74, 6) is 0.490. The summed E-state index contributed by atoms with van der Waals surface area (Å²) in [6.07, 6.45) is 0.759. The Morgan fingerprint density at radius 2 is 2.18 bits per heavy atom. The first kappa shape index (κ1) is 14.7. The summed E-state index contributed by atoms with van der Waals surface area (Å²) in [5, 5.41) is 15.6. The molecule has 0 bridgehead atoms. The average molecular weight is 369 g/mol. The number of nitrogens with one attached hydrogen (secondary N) is 1. The Morgan fingerprint density at radius 3 is 2.86 bits per heavy atom. The zero-order valence-electron chi connectivity index (χ0n) is 11.7. The molecule has 0 amide bonds. The van der Waals surface area contributed by atoms with E-state index in [-0.39, 0.29) is 5.69 Å². The number of methoxy groups -OCH3 is 1. The van der Waals surface area contributed by atoms with Crippen molar-refractivity contribution in [3.05, 3.63) is 22.3 Å². The highest BCUT2D eigenvalue weighted by atomic mass is 79.9. The second-order valence-corrected chi connectivity index (χ2v) is 5.47. The molecule has 8 heteroatoms. The van der Waals surface area contributed by atoms with Gasteiger partial charge in [0.05, 0.1) is 30.4 Å². The van der Waals surface area contributed by atoms with Crippen molar-refractivity contribution in [2.45, 2.75) is 6.42 Å². The Bertz CT molecular complexity index is 728. The van der Waals surface area contributed by atoms with Crippen molar-refractivity contribution in [1.82, 2.24) is 10.2 Å². The fraction of sp³-hybridized carbons (Fsp3) is 0.286. The molecule has 7 nitrogen and oxygen atoms in total. The van der Waals surface area contributed by atoms with Gasteiger partial charge in [0.15, 0.2) is 11.5 Å². The van der Waals surface area contributed by atoms with E-state index in [0.717, 1.165) is 6.42 Å². The summed E-state index contributed by atoms with van der Waals surface area (Å²) in [6, 6.07) is 3.20. The molecule has 1 aromatic carbocycles. The Labute approximate surface area is 134 Å². The van der Waals surface area contributed by atoms with Crippen molar-refractivity contribution in [1.29, 1.82) is 0 Å². The van der Waals surface area contributed by atoms with E-state index < -0.39 is 5.97 Å². The Hall–Kier alpha value is -2.22. The zero-order valence-corrected chi connectivity index (χ0v) is 13.3. The van der Waals surface area contributed by atoms with E-state index in [1.54, 1.807) is 6.07 Å². The lowest BCUT2D eigenvalue weighted by atomic mass is 10.1. The second-order valence-electron chi connectivity index (χ2n) is 4.62. The molecule has 2 heterocycles. The van der Waals surface area contributed by atoms with Crippen molar-refractivity contribution in [3.63, 3.8) is 0 Å². The molecule has 1 aromatic heterocycles. The van der Waals surface area contributed by atoms with Gasteiger partial charge in [0.25, 0.3) is 0 Å². The molecule has 0 atom stereocenters. The number of carboxylic acids is 1. The molecule has 0 radical (unpaired) electrons. The molecule has 0 saturated heterocycles. The molecule has 0 fully saturated rings. The number of carboxylic acid groups (broad SMARTS) is 1. The lowest BCUT2D eigenvalue weighted by Gasteiger charge is -2.16. The number of hydrogen-bond donors (Lipinski definition) is 2. The van der Waals surface area contributed by atoms with E-state index in [9.17, 15) is 4.79 Å². The summed E-state index contributed by atoms with van der Waals surface area (Å²) in [5.41, 5.74) is 0.954. The number of benzene rings is 1. The van der Waals surface area contributed by atoms with Crippen LogP contribution < -0.4 is 14.2 Å². The van der Waals surface area contributed by atoms with E-state index in [0.29, 0.717) is 46.2 Å². The maximum Gasteiger partial charge on any atom is 0.353 e. The van der Waals surface area contributed by atoms with Gasteiger partial charge >= 0.3 is 5.97 Å². The highest BCUT2D eigenvalue weighted by Crippen LogP contribution is 2.49. The smallest absolute Gasteiger partial charge is 0.353 e. The molecule has 0 spiro atoms. The predicted octanol–water partition coefficient (Wildman–Crippen LogP) is 2.71. The largest absolute Gasteiger partial charge is 0.495 e. The lowest BCUT2D eigenvalue weighted by molar-refractivity contribution is 0.0690. The Kier molecular flexibility index (Phi) is 3.93. The number of aromatic nitrogens is 2. The van der Waals surface area contributed by atoms with Crippen molar-refractivity contribution < 1.29 is 24.1 Å². The standard InChI is InChI=1S/C14H13BrN2O5/c1-20-12-7(15)5-10-13(22-4-2-3-21-10)11(12)8-6-9(14(18)19)17-16-8/h5-6H,2-4H2,1H3,(H,16,17)(H,18,19). The minimum absolute atomic E-state index is 0.0136. The normalized spacial score (nSPS) is 13.5. The number of rotatable bonds is 3. The van der Waals surface area contributed by atoms with Crippen molar-refractivity contribution in [3.8, 4) is 28.5 Å². The van der Waals surface area contributed by atoms with Crippen LogP contribution in [0.3, 0.4) is 0 Å². The average Bonchev–Trinajstić information content (AvgIpc) is 2.86. The van der Waals surface area contributed by atoms with Crippen LogP contribution in [0.15, 0.2) is 16.6 Å². The summed E-state index contributed by atoms with van der Waals surface area (Å²) < 4.78 is 17.6. The molecule has 0 aliphatic carbocycles. The molecule has 1 aliphatic rings. The van der Waals surface area contributed by atoms with Crippen LogP contribution in [0.1, 0.15) is 16.9 Å². The molecule has 0 saturated carbocycles. The fourth-order valence-electron chi connectivity index (χ4n) is 2.25. The number of carbonyl (C=O) groups is 1. The first-order valence-electron chi connectivity index (χ1n) is 6.57. The maximum absolute atomic E-state index is 11.0. The predicted molar refractivity (Wildman–Crippen MR) is 80.8 cm³/mol. The van der Waals surface area contributed by atoms with Gasteiger partial charge in [-0.3, -0.25) is 5.10 Å². The van der Waals surface area contributed by atoms with Gasteiger partial charge in [-0.25, -0.2) is 4.79 Å². The number of H-pyrrole nitrogens is 1. The minimum Gasteiger partial charge on any atom is -0.495 e. The Balaban J connectivity index is 2.22. The monoisotopic (exact) mass is 368 g/mol. The van der Waals surface area contributed by atoms with Crippen molar-refractivity contribution in [2.75, 3.05) is 20.3 Å².